The van der Waals surface area contributed by atoms with Gasteiger partial charge in [0.25, 0.3) is 5.56 Å². The van der Waals surface area contributed by atoms with E-state index in [-0.39, 0.29) is 5.56 Å². The van der Waals surface area contributed by atoms with Crippen molar-refractivity contribution < 1.29 is 0 Å². The summed E-state index contributed by atoms with van der Waals surface area (Å²) < 4.78 is 2.78. The van der Waals surface area contributed by atoms with Gasteiger partial charge in [0.1, 0.15) is 0 Å². The minimum atomic E-state index is -0.103. The molecule has 0 unspecified atom stereocenters. The van der Waals surface area contributed by atoms with Crippen molar-refractivity contribution in [3.63, 3.8) is 0 Å². The molecule has 0 fully saturated rings. The predicted molar refractivity (Wildman–Crippen MR) is 74.1 cm³/mol. The number of hydrogen-bond donors (Lipinski definition) is 1. The summed E-state index contributed by atoms with van der Waals surface area (Å²) in [6.45, 7) is 1.86. The van der Waals surface area contributed by atoms with Crippen LogP contribution in [0.4, 0.5) is 0 Å². The number of rotatable bonds is 1. The van der Waals surface area contributed by atoms with Crippen LogP contribution in [0.15, 0.2) is 45.8 Å². The number of nitrogens with zero attached hydrogens (tertiary/aromatic N) is 2. The molecule has 2 heterocycles. The van der Waals surface area contributed by atoms with Crippen molar-refractivity contribution >= 4 is 26.8 Å². The Morgan fingerprint density at radius 2 is 2.00 bits per heavy atom. The summed E-state index contributed by atoms with van der Waals surface area (Å²) in [4.78, 5) is 14.6. The lowest BCUT2D eigenvalue weighted by Gasteiger charge is -2.04. The van der Waals surface area contributed by atoms with E-state index < -0.39 is 0 Å². The van der Waals surface area contributed by atoms with E-state index in [0.717, 1.165) is 21.4 Å². The second kappa shape index (κ2) is 4.10. The highest BCUT2D eigenvalue weighted by Crippen LogP contribution is 2.18. The summed E-state index contributed by atoms with van der Waals surface area (Å²) in [5, 5.41) is 4.88. The standard InChI is InChI=1S/C13H10BrN3O/c1-8-6-12-11(13(18)16-8)7-15-17(12)10-4-2-9(14)3-5-10/h2-7H,1H3,(H,16,18). The molecule has 1 aromatic carbocycles. The number of nitrogens with one attached hydrogen (secondary N) is 1. The summed E-state index contributed by atoms with van der Waals surface area (Å²) in [6.07, 6.45) is 1.59. The van der Waals surface area contributed by atoms with Gasteiger partial charge in [-0.05, 0) is 37.3 Å². The van der Waals surface area contributed by atoms with Crippen LogP contribution in [-0.4, -0.2) is 14.8 Å². The van der Waals surface area contributed by atoms with Gasteiger partial charge < -0.3 is 4.98 Å². The zero-order valence-electron chi connectivity index (χ0n) is 9.64. The minimum absolute atomic E-state index is 0.103. The molecule has 18 heavy (non-hydrogen) atoms. The Morgan fingerprint density at radius 3 is 2.72 bits per heavy atom. The lowest BCUT2D eigenvalue weighted by Crippen LogP contribution is -2.07. The monoisotopic (exact) mass is 303 g/mol. The van der Waals surface area contributed by atoms with Crippen molar-refractivity contribution in [1.82, 2.24) is 14.8 Å². The minimum Gasteiger partial charge on any atom is -0.326 e. The molecule has 3 rings (SSSR count). The molecule has 5 heteroatoms. The topological polar surface area (TPSA) is 50.7 Å². The van der Waals surface area contributed by atoms with Crippen LogP contribution in [-0.2, 0) is 0 Å². The van der Waals surface area contributed by atoms with Gasteiger partial charge in [0.15, 0.2) is 0 Å². The van der Waals surface area contributed by atoms with E-state index >= 15 is 0 Å². The Labute approximate surface area is 111 Å². The van der Waals surface area contributed by atoms with Crippen LogP contribution in [0.25, 0.3) is 16.6 Å². The fraction of sp³-hybridized carbons (Fsp3) is 0.0769. The molecule has 0 spiro atoms. The zero-order chi connectivity index (χ0) is 12.7. The number of H-pyrrole nitrogens is 1. The number of fused-ring (bicyclic) bond motifs is 1. The molecule has 0 atom stereocenters. The summed E-state index contributed by atoms with van der Waals surface area (Å²) in [7, 11) is 0. The van der Waals surface area contributed by atoms with Crippen molar-refractivity contribution in [3.8, 4) is 5.69 Å². The highest BCUT2D eigenvalue weighted by molar-refractivity contribution is 9.10. The first-order chi connectivity index (χ1) is 8.65. The van der Waals surface area contributed by atoms with E-state index in [9.17, 15) is 4.79 Å². The van der Waals surface area contributed by atoms with Gasteiger partial charge in [0.05, 0.1) is 22.8 Å². The molecular weight excluding hydrogens is 294 g/mol. The largest absolute Gasteiger partial charge is 0.326 e. The number of hydrogen-bond acceptors (Lipinski definition) is 2. The number of benzene rings is 1. The van der Waals surface area contributed by atoms with Crippen LogP contribution in [0.5, 0.6) is 0 Å². The molecule has 2 aromatic heterocycles. The van der Waals surface area contributed by atoms with Gasteiger partial charge in [-0.25, -0.2) is 4.68 Å². The Hall–Kier alpha value is -1.88. The van der Waals surface area contributed by atoms with Crippen molar-refractivity contribution in [2.24, 2.45) is 0 Å². The average Bonchev–Trinajstić information content (AvgIpc) is 2.74. The van der Waals surface area contributed by atoms with E-state index in [1.807, 2.05) is 37.3 Å². The highest BCUT2D eigenvalue weighted by Gasteiger charge is 2.08. The molecule has 0 aliphatic heterocycles. The van der Waals surface area contributed by atoms with E-state index in [1.165, 1.54) is 0 Å². The third-order valence-electron chi connectivity index (χ3n) is 2.79. The molecule has 0 radical (unpaired) electrons. The maximum Gasteiger partial charge on any atom is 0.259 e. The lowest BCUT2D eigenvalue weighted by molar-refractivity contribution is 0.909. The Morgan fingerprint density at radius 1 is 1.28 bits per heavy atom. The Kier molecular flexibility index (Phi) is 2.56. The van der Waals surface area contributed by atoms with Gasteiger partial charge in [0, 0.05) is 10.2 Å². The molecule has 0 saturated heterocycles. The SMILES string of the molecule is Cc1cc2c(cnn2-c2ccc(Br)cc2)c(=O)[nH]1. The molecule has 1 N–H and O–H groups in total. The maximum absolute atomic E-state index is 11.8. The van der Waals surface area contributed by atoms with E-state index in [4.69, 9.17) is 0 Å². The normalized spacial score (nSPS) is 11.0. The van der Waals surface area contributed by atoms with Gasteiger partial charge in [-0.1, -0.05) is 15.9 Å². The van der Waals surface area contributed by atoms with Gasteiger partial charge in [-0.15, -0.1) is 0 Å². The quantitative estimate of drug-likeness (QED) is 0.751. The lowest BCUT2D eigenvalue weighted by atomic mass is 10.2. The first kappa shape index (κ1) is 11.2. The molecule has 3 aromatic rings. The van der Waals surface area contributed by atoms with Crippen molar-refractivity contribution in [3.05, 3.63) is 57.0 Å². The van der Waals surface area contributed by atoms with Crippen molar-refractivity contribution in [2.45, 2.75) is 6.92 Å². The molecule has 0 bridgehead atoms. The third kappa shape index (κ3) is 1.76. The fourth-order valence-corrected chi connectivity index (χ4v) is 2.21. The summed E-state index contributed by atoms with van der Waals surface area (Å²) in [6, 6.07) is 9.72. The molecule has 0 amide bonds. The van der Waals surface area contributed by atoms with Gasteiger partial charge in [-0.3, -0.25) is 4.79 Å². The summed E-state index contributed by atoms with van der Waals surface area (Å²) >= 11 is 3.40. The van der Waals surface area contributed by atoms with Crippen LogP contribution < -0.4 is 5.56 Å². The Balaban J connectivity index is 2.30. The van der Waals surface area contributed by atoms with Crippen LogP contribution in [0, 0.1) is 6.92 Å². The number of aromatic nitrogens is 3. The predicted octanol–water partition coefficient (Wildman–Crippen LogP) is 2.78. The van der Waals surface area contributed by atoms with E-state index in [2.05, 4.69) is 26.0 Å². The van der Waals surface area contributed by atoms with Crippen molar-refractivity contribution in [2.75, 3.05) is 0 Å². The first-order valence-corrected chi connectivity index (χ1v) is 6.28. The van der Waals surface area contributed by atoms with Crippen LogP contribution >= 0.6 is 15.9 Å². The summed E-state index contributed by atoms with van der Waals surface area (Å²) in [5.74, 6) is 0. The van der Waals surface area contributed by atoms with Crippen LogP contribution in [0.3, 0.4) is 0 Å². The number of aromatic amines is 1. The second-order valence-electron chi connectivity index (χ2n) is 4.11. The molecule has 90 valence electrons. The molecule has 4 nitrogen and oxygen atoms in total. The Bertz CT molecular complexity index is 771. The van der Waals surface area contributed by atoms with Gasteiger partial charge in [0.2, 0.25) is 0 Å². The number of halogens is 1. The highest BCUT2D eigenvalue weighted by atomic mass is 79.9. The molecular formula is C13H10BrN3O. The van der Waals surface area contributed by atoms with Crippen LogP contribution in [0.1, 0.15) is 5.69 Å². The smallest absolute Gasteiger partial charge is 0.259 e. The fourth-order valence-electron chi connectivity index (χ4n) is 1.95. The molecule has 0 saturated carbocycles. The summed E-state index contributed by atoms with van der Waals surface area (Å²) in [5.41, 5.74) is 2.47. The maximum atomic E-state index is 11.8. The van der Waals surface area contributed by atoms with E-state index in [0.29, 0.717) is 5.39 Å². The zero-order valence-corrected chi connectivity index (χ0v) is 11.2. The first-order valence-electron chi connectivity index (χ1n) is 5.49. The molecule has 0 aliphatic carbocycles. The van der Waals surface area contributed by atoms with Crippen molar-refractivity contribution in [1.29, 1.82) is 0 Å². The van der Waals surface area contributed by atoms with Gasteiger partial charge in [-0.2, -0.15) is 5.10 Å². The molecule has 0 aliphatic rings. The number of pyridine rings is 1. The van der Waals surface area contributed by atoms with Gasteiger partial charge >= 0.3 is 0 Å². The van der Waals surface area contributed by atoms with Crippen LogP contribution in [0.2, 0.25) is 0 Å². The van der Waals surface area contributed by atoms with E-state index in [1.54, 1.807) is 10.9 Å². The number of aryl methyl sites for hydroxylation is 1. The second-order valence-corrected chi connectivity index (χ2v) is 5.03. The third-order valence-corrected chi connectivity index (χ3v) is 3.31. The average molecular weight is 304 g/mol.